The van der Waals surface area contributed by atoms with Crippen LogP contribution in [0.5, 0.6) is 0 Å². The van der Waals surface area contributed by atoms with Gasteiger partial charge < -0.3 is 5.73 Å². The number of primary amides is 1. The summed E-state index contributed by atoms with van der Waals surface area (Å²) in [7, 11) is 0. The standard InChI is InChI=1S/C15H23N3O/c16-15(19)14-12-9-5-2-6-10-13(12)18(17-14)11-7-3-1-4-8-11/h11H,1-10H2,(H2,16,19). The lowest BCUT2D eigenvalue weighted by Crippen LogP contribution is -2.18. The molecule has 1 amide bonds. The van der Waals surface area contributed by atoms with Crippen molar-refractivity contribution in [1.29, 1.82) is 0 Å². The van der Waals surface area contributed by atoms with Crippen LogP contribution in [-0.2, 0) is 12.8 Å². The molecule has 0 radical (unpaired) electrons. The number of amides is 1. The molecule has 1 aromatic heterocycles. The van der Waals surface area contributed by atoms with Crippen LogP contribution in [-0.4, -0.2) is 15.7 Å². The average Bonchev–Trinajstić information content (AvgIpc) is 2.62. The first-order chi connectivity index (χ1) is 9.27. The Balaban J connectivity index is 2.00. The maximum absolute atomic E-state index is 11.6. The predicted octanol–water partition coefficient (Wildman–Crippen LogP) is 2.76. The highest BCUT2D eigenvalue weighted by Crippen LogP contribution is 2.32. The minimum Gasteiger partial charge on any atom is -0.364 e. The molecule has 0 spiro atoms. The van der Waals surface area contributed by atoms with Gasteiger partial charge in [0.2, 0.25) is 0 Å². The van der Waals surface area contributed by atoms with Gasteiger partial charge in [-0.15, -0.1) is 0 Å². The molecule has 1 saturated carbocycles. The molecule has 0 aromatic carbocycles. The third-order valence-corrected chi connectivity index (χ3v) is 4.61. The van der Waals surface area contributed by atoms with Gasteiger partial charge in [-0.25, -0.2) is 0 Å². The summed E-state index contributed by atoms with van der Waals surface area (Å²) < 4.78 is 2.17. The van der Waals surface area contributed by atoms with E-state index in [4.69, 9.17) is 5.73 Å². The first-order valence-electron chi connectivity index (χ1n) is 7.67. The maximum Gasteiger partial charge on any atom is 0.269 e. The van der Waals surface area contributed by atoms with E-state index in [1.54, 1.807) is 0 Å². The van der Waals surface area contributed by atoms with E-state index in [0.29, 0.717) is 11.7 Å². The molecule has 4 heteroatoms. The van der Waals surface area contributed by atoms with Crippen LogP contribution in [0.25, 0.3) is 0 Å². The highest BCUT2D eigenvalue weighted by atomic mass is 16.1. The van der Waals surface area contributed by atoms with Crippen molar-refractivity contribution in [3.63, 3.8) is 0 Å². The van der Waals surface area contributed by atoms with Crippen molar-refractivity contribution in [3.05, 3.63) is 17.0 Å². The van der Waals surface area contributed by atoms with Crippen molar-refractivity contribution in [2.45, 2.75) is 70.3 Å². The Morgan fingerprint density at radius 1 is 1.05 bits per heavy atom. The summed E-state index contributed by atoms with van der Waals surface area (Å²) in [6.45, 7) is 0. The van der Waals surface area contributed by atoms with Gasteiger partial charge in [0, 0.05) is 11.3 Å². The van der Waals surface area contributed by atoms with Crippen LogP contribution in [0.3, 0.4) is 0 Å². The maximum atomic E-state index is 11.6. The lowest BCUT2D eigenvalue weighted by molar-refractivity contribution is 0.0993. The van der Waals surface area contributed by atoms with Crippen LogP contribution < -0.4 is 5.73 Å². The molecule has 0 bridgehead atoms. The lowest BCUT2D eigenvalue weighted by atomic mass is 9.95. The molecule has 0 saturated heterocycles. The van der Waals surface area contributed by atoms with Crippen LogP contribution in [0.4, 0.5) is 0 Å². The Bertz CT molecular complexity index is 472. The second-order valence-corrected chi connectivity index (χ2v) is 5.94. The van der Waals surface area contributed by atoms with Crippen molar-refractivity contribution < 1.29 is 4.79 Å². The van der Waals surface area contributed by atoms with Gasteiger partial charge in [-0.2, -0.15) is 5.10 Å². The molecule has 2 N–H and O–H groups in total. The normalized spacial score (nSPS) is 20.8. The van der Waals surface area contributed by atoms with Crippen LogP contribution in [0.15, 0.2) is 0 Å². The summed E-state index contributed by atoms with van der Waals surface area (Å²) in [6, 6.07) is 0.494. The number of carbonyl (C=O) groups excluding carboxylic acids is 1. The monoisotopic (exact) mass is 261 g/mol. The Hall–Kier alpha value is -1.32. The van der Waals surface area contributed by atoms with Gasteiger partial charge in [-0.1, -0.05) is 25.7 Å². The van der Waals surface area contributed by atoms with Gasteiger partial charge in [-0.3, -0.25) is 9.48 Å². The van der Waals surface area contributed by atoms with Gasteiger partial charge in [0.05, 0.1) is 6.04 Å². The number of nitrogens with zero attached hydrogens (tertiary/aromatic N) is 2. The van der Waals surface area contributed by atoms with E-state index < -0.39 is 0 Å². The van der Waals surface area contributed by atoms with E-state index >= 15 is 0 Å². The molecular weight excluding hydrogens is 238 g/mol. The number of carbonyl (C=O) groups is 1. The van der Waals surface area contributed by atoms with Crippen molar-refractivity contribution >= 4 is 5.91 Å². The van der Waals surface area contributed by atoms with Crippen molar-refractivity contribution in [2.75, 3.05) is 0 Å². The highest BCUT2D eigenvalue weighted by molar-refractivity contribution is 5.92. The number of nitrogens with two attached hydrogens (primary N) is 1. The number of hydrogen-bond acceptors (Lipinski definition) is 2. The Labute approximate surface area is 114 Å². The summed E-state index contributed by atoms with van der Waals surface area (Å²) in [5.74, 6) is -0.354. The molecule has 1 fully saturated rings. The molecule has 2 aliphatic carbocycles. The number of aromatic nitrogens is 2. The van der Waals surface area contributed by atoms with Gasteiger partial charge in [0.1, 0.15) is 0 Å². The Morgan fingerprint density at radius 2 is 1.74 bits per heavy atom. The van der Waals surface area contributed by atoms with Crippen molar-refractivity contribution in [2.24, 2.45) is 5.73 Å². The Kier molecular flexibility index (Phi) is 3.58. The fraction of sp³-hybridized carbons (Fsp3) is 0.733. The third-order valence-electron chi connectivity index (χ3n) is 4.61. The van der Waals surface area contributed by atoms with Gasteiger partial charge in [-0.05, 0) is 38.5 Å². The predicted molar refractivity (Wildman–Crippen MR) is 74.1 cm³/mol. The van der Waals surface area contributed by atoms with Crippen molar-refractivity contribution in [3.8, 4) is 0 Å². The molecule has 2 aliphatic rings. The van der Waals surface area contributed by atoms with E-state index in [9.17, 15) is 4.79 Å². The Morgan fingerprint density at radius 3 is 2.47 bits per heavy atom. The summed E-state index contributed by atoms with van der Waals surface area (Å²) in [6.07, 6.45) is 12.0. The highest BCUT2D eigenvalue weighted by Gasteiger charge is 2.26. The average molecular weight is 261 g/mol. The summed E-state index contributed by atoms with van der Waals surface area (Å²) in [5, 5.41) is 4.60. The number of fused-ring (bicyclic) bond motifs is 1. The molecule has 1 aromatic rings. The smallest absolute Gasteiger partial charge is 0.269 e. The number of rotatable bonds is 2. The zero-order valence-corrected chi connectivity index (χ0v) is 11.5. The fourth-order valence-electron chi connectivity index (χ4n) is 3.63. The van der Waals surface area contributed by atoms with E-state index in [1.165, 1.54) is 50.6 Å². The molecule has 104 valence electrons. The fourth-order valence-corrected chi connectivity index (χ4v) is 3.63. The van der Waals surface area contributed by atoms with Crippen LogP contribution >= 0.6 is 0 Å². The molecular formula is C15H23N3O. The van der Waals surface area contributed by atoms with E-state index in [-0.39, 0.29) is 5.91 Å². The minimum absolute atomic E-state index is 0.354. The number of hydrogen-bond donors (Lipinski definition) is 1. The second-order valence-electron chi connectivity index (χ2n) is 5.94. The van der Waals surface area contributed by atoms with Gasteiger partial charge in [0.15, 0.2) is 5.69 Å². The molecule has 1 heterocycles. The van der Waals surface area contributed by atoms with E-state index in [2.05, 4.69) is 9.78 Å². The third kappa shape index (κ3) is 2.40. The SMILES string of the molecule is NC(=O)c1nn(C2CCCCC2)c2c1CCCCC2. The quantitative estimate of drug-likeness (QED) is 0.832. The largest absolute Gasteiger partial charge is 0.364 e. The molecule has 3 rings (SSSR count). The first kappa shape index (κ1) is 12.7. The topological polar surface area (TPSA) is 60.9 Å². The summed E-state index contributed by atoms with van der Waals surface area (Å²) in [4.78, 5) is 11.6. The van der Waals surface area contributed by atoms with Crippen LogP contribution in [0.1, 0.15) is 79.2 Å². The first-order valence-corrected chi connectivity index (χ1v) is 7.67. The van der Waals surface area contributed by atoms with Crippen molar-refractivity contribution in [1.82, 2.24) is 9.78 Å². The van der Waals surface area contributed by atoms with Crippen LogP contribution in [0, 0.1) is 0 Å². The molecule has 19 heavy (non-hydrogen) atoms. The van der Waals surface area contributed by atoms with Crippen LogP contribution in [0.2, 0.25) is 0 Å². The summed E-state index contributed by atoms with van der Waals surface area (Å²) in [5.41, 5.74) is 8.51. The van der Waals surface area contributed by atoms with Gasteiger partial charge >= 0.3 is 0 Å². The second kappa shape index (κ2) is 5.35. The minimum atomic E-state index is -0.354. The molecule has 0 unspecified atom stereocenters. The summed E-state index contributed by atoms with van der Waals surface area (Å²) >= 11 is 0. The zero-order chi connectivity index (χ0) is 13.2. The molecule has 0 aliphatic heterocycles. The molecule has 4 nitrogen and oxygen atoms in total. The molecule has 0 atom stereocenters. The lowest BCUT2D eigenvalue weighted by Gasteiger charge is -2.24. The van der Waals surface area contributed by atoms with E-state index in [0.717, 1.165) is 24.8 Å². The zero-order valence-electron chi connectivity index (χ0n) is 11.5. The van der Waals surface area contributed by atoms with E-state index in [1.807, 2.05) is 0 Å². The van der Waals surface area contributed by atoms with Gasteiger partial charge in [0.25, 0.3) is 5.91 Å².